The van der Waals surface area contributed by atoms with Crippen LogP contribution in [-0.2, 0) is 4.79 Å². The monoisotopic (exact) mass is 284 g/mol. The number of amides is 1. The van der Waals surface area contributed by atoms with Crippen LogP contribution in [0, 0.1) is 6.92 Å². The van der Waals surface area contributed by atoms with Gasteiger partial charge in [-0.25, -0.2) is 4.98 Å². The third kappa shape index (κ3) is 2.18. The number of rotatable bonds is 1. The number of carbonyl (C=O) groups excluding carboxylic acids is 1. The van der Waals surface area contributed by atoms with E-state index in [4.69, 9.17) is 0 Å². The van der Waals surface area contributed by atoms with E-state index < -0.39 is 0 Å². The number of nitrogens with zero attached hydrogens (tertiary/aromatic N) is 1. The van der Waals surface area contributed by atoms with Crippen molar-refractivity contribution in [1.29, 1.82) is 0 Å². The topological polar surface area (TPSA) is 42.0 Å². The smallest absolute Gasteiger partial charge is 0.223 e. The quantitative estimate of drug-likeness (QED) is 0.873. The van der Waals surface area contributed by atoms with Gasteiger partial charge in [0.05, 0.1) is 10.2 Å². The van der Waals surface area contributed by atoms with E-state index in [-0.39, 0.29) is 5.91 Å². The van der Waals surface area contributed by atoms with E-state index in [0.29, 0.717) is 5.13 Å². The molecule has 0 spiro atoms. The van der Waals surface area contributed by atoms with Crippen molar-refractivity contribution in [2.45, 2.75) is 13.8 Å². The number of benzene rings is 1. The van der Waals surface area contributed by atoms with E-state index in [9.17, 15) is 4.79 Å². The summed E-state index contributed by atoms with van der Waals surface area (Å²) in [6, 6.07) is 4.02. The molecule has 0 saturated carbocycles. The number of aromatic nitrogens is 1. The molecule has 1 aromatic carbocycles. The number of fused-ring (bicyclic) bond motifs is 1. The molecule has 0 unspecified atom stereocenters. The molecular formula is C10H9BrN2OS. The third-order valence-corrected chi connectivity index (χ3v) is 3.31. The fourth-order valence-electron chi connectivity index (χ4n) is 1.36. The molecule has 78 valence electrons. The van der Waals surface area contributed by atoms with E-state index in [0.717, 1.165) is 20.3 Å². The highest BCUT2D eigenvalue weighted by molar-refractivity contribution is 9.10. The summed E-state index contributed by atoms with van der Waals surface area (Å²) in [7, 11) is 0. The van der Waals surface area contributed by atoms with Gasteiger partial charge in [0.15, 0.2) is 5.13 Å². The van der Waals surface area contributed by atoms with Gasteiger partial charge < -0.3 is 5.32 Å². The third-order valence-electron chi connectivity index (χ3n) is 1.93. The molecule has 15 heavy (non-hydrogen) atoms. The number of carbonyl (C=O) groups is 1. The minimum absolute atomic E-state index is 0.0919. The maximum absolute atomic E-state index is 10.9. The second kappa shape index (κ2) is 3.90. The Kier molecular flexibility index (Phi) is 2.75. The molecule has 1 amide bonds. The van der Waals surface area contributed by atoms with Crippen LogP contribution in [0.15, 0.2) is 16.6 Å². The van der Waals surface area contributed by atoms with Gasteiger partial charge in [-0.05, 0) is 24.6 Å². The van der Waals surface area contributed by atoms with Crippen LogP contribution >= 0.6 is 27.3 Å². The average Bonchev–Trinajstić information content (AvgIpc) is 2.45. The predicted octanol–water partition coefficient (Wildman–Crippen LogP) is 3.33. The lowest BCUT2D eigenvalue weighted by molar-refractivity contribution is -0.114. The Labute approximate surface area is 99.6 Å². The summed E-state index contributed by atoms with van der Waals surface area (Å²) in [6.45, 7) is 3.49. The van der Waals surface area contributed by atoms with E-state index in [1.54, 1.807) is 0 Å². The molecule has 0 aliphatic heterocycles. The average molecular weight is 285 g/mol. The summed E-state index contributed by atoms with van der Waals surface area (Å²) < 4.78 is 2.11. The van der Waals surface area contributed by atoms with Crippen LogP contribution in [-0.4, -0.2) is 10.9 Å². The molecule has 0 radical (unpaired) electrons. The summed E-state index contributed by atoms with van der Waals surface area (Å²) in [6.07, 6.45) is 0. The van der Waals surface area contributed by atoms with Gasteiger partial charge in [0.1, 0.15) is 0 Å². The van der Waals surface area contributed by atoms with Gasteiger partial charge in [0.25, 0.3) is 0 Å². The van der Waals surface area contributed by atoms with E-state index in [1.165, 1.54) is 18.3 Å². The number of hydrogen-bond acceptors (Lipinski definition) is 3. The van der Waals surface area contributed by atoms with Gasteiger partial charge in [-0.1, -0.05) is 27.3 Å². The number of hydrogen-bond donors (Lipinski definition) is 1. The number of anilines is 1. The lowest BCUT2D eigenvalue weighted by Crippen LogP contribution is -2.04. The summed E-state index contributed by atoms with van der Waals surface area (Å²) in [5.74, 6) is -0.0919. The zero-order chi connectivity index (χ0) is 11.0. The second-order valence-electron chi connectivity index (χ2n) is 3.27. The molecule has 0 bridgehead atoms. The van der Waals surface area contributed by atoms with Crippen molar-refractivity contribution >= 4 is 48.5 Å². The number of thiazole rings is 1. The van der Waals surface area contributed by atoms with E-state index >= 15 is 0 Å². The van der Waals surface area contributed by atoms with Crippen LogP contribution in [0.5, 0.6) is 0 Å². The largest absolute Gasteiger partial charge is 0.302 e. The highest BCUT2D eigenvalue weighted by atomic mass is 79.9. The van der Waals surface area contributed by atoms with Crippen molar-refractivity contribution in [3.8, 4) is 0 Å². The number of aryl methyl sites for hydroxylation is 1. The van der Waals surface area contributed by atoms with Gasteiger partial charge >= 0.3 is 0 Å². The van der Waals surface area contributed by atoms with Crippen LogP contribution in [0.4, 0.5) is 5.13 Å². The maximum atomic E-state index is 10.9. The Morgan fingerprint density at radius 2 is 2.27 bits per heavy atom. The van der Waals surface area contributed by atoms with Gasteiger partial charge in [0, 0.05) is 11.4 Å². The molecule has 0 fully saturated rings. The van der Waals surface area contributed by atoms with Gasteiger partial charge in [0.2, 0.25) is 5.91 Å². The van der Waals surface area contributed by atoms with Crippen molar-refractivity contribution in [2.75, 3.05) is 5.32 Å². The van der Waals surface area contributed by atoms with E-state index in [1.807, 2.05) is 19.1 Å². The highest BCUT2D eigenvalue weighted by Crippen LogP contribution is 2.30. The summed E-state index contributed by atoms with van der Waals surface area (Å²) >= 11 is 4.92. The molecule has 0 atom stereocenters. The Morgan fingerprint density at radius 1 is 1.53 bits per heavy atom. The van der Waals surface area contributed by atoms with Crippen LogP contribution < -0.4 is 5.32 Å². The Hall–Kier alpha value is -0.940. The van der Waals surface area contributed by atoms with Crippen LogP contribution in [0.3, 0.4) is 0 Å². The molecule has 1 N–H and O–H groups in total. The van der Waals surface area contributed by atoms with Crippen molar-refractivity contribution in [1.82, 2.24) is 4.98 Å². The molecule has 5 heteroatoms. The zero-order valence-corrected chi connectivity index (χ0v) is 10.7. The van der Waals surface area contributed by atoms with Crippen LogP contribution in [0.25, 0.3) is 10.2 Å². The first-order chi connectivity index (χ1) is 7.06. The molecule has 0 aliphatic carbocycles. The predicted molar refractivity (Wildman–Crippen MR) is 66.4 cm³/mol. The number of halogens is 1. The molecule has 1 aromatic heterocycles. The van der Waals surface area contributed by atoms with E-state index in [2.05, 4.69) is 26.2 Å². The fourth-order valence-corrected chi connectivity index (χ4v) is 3.11. The Bertz CT molecular complexity index is 535. The minimum atomic E-state index is -0.0919. The zero-order valence-electron chi connectivity index (χ0n) is 8.30. The molecular weight excluding hydrogens is 276 g/mol. The summed E-state index contributed by atoms with van der Waals surface area (Å²) in [4.78, 5) is 15.2. The molecule has 0 saturated heterocycles. The van der Waals surface area contributed by atoms with Crippen molar-refractivity contribution < 1.29 is 4.79 Å². The fraction of sp³-hybridized carbons (Fsp3) is 0.200. The first-order valence-corrected chi connectivity index (χ1v) is 6.01. The first-order valence-electron chi connectivity index (χ1n) is 4.40. The van der Waals surface area contributed by atoms with Crippen molar-refractivity contribution in [3.63, 3.8) is 0 Å². The number of nitrogens with one attached hydrogen (secondary N) is 1. The highest BCUT2D eigenvalue weighted by Gasteiger charge is 2.07. The first kappa shape index (κ1) is 10.6. The lowest BCUT2D eigenvalue weighted by atomic mass is 10.2. The van der Waals surface area contributed by atoms with Crippen LogP contribution in [0.1, 0.15) is 12.5 Å². The second-order valence-corrected chi connectivity index (χ2v) is 5.22. The van der Waals surface area contributed by atoms with Gasteiger partial charge in [-0.3, -0.25) is 4.79 Å². The minimum Gasteiger partial charge on any atom is -0.302 e. The SMILES string of the molecule is CC(=O)Nc1nc2c(C)cc(Br)cc2s1. The summed E-state index contributed by atoms with van der Waals surface area (Å²) in [5, 5.41) is 3.35. The molecule has 0 aliphatic rings. The van der Waals surface area contributed by atoms with Gasteiger partial charge in [-0.2, -0.15) is 0 Å². The molecule has 1 heterocycles. The Morgan fingerprint density at radius 3 is 2.93 bits per heavy atom. The van der Waals surface area contributed by atoms with Crippen molar-refractivity contribution in [3.05, 3.63) is 22.2 Å². The van der Waals surface area contributed by atoms with Gasteiger partial charge in [-0.15, -0.1) is 0 Å². The molecule has 3 nitrogen and oxygen atoms in total. The molecule has 2 rings (SSSR count). The van der Waals surface area contributed by atoms with Crippen LogP contribution in [0.2, 0.25) is 0 Å². The normalized spacial score (nSPS) is 10.6. The maximum Gasteiger partial charge on any atom is 0.223 e. The van der Waals surface area contributed by atoms with Crippen molar-refractivity contribution in [2.24, 2.45) is 0 Å². The standard InChI is InChI=1S/C10H9BrN2OS/c1-5-3-7(11)4-8-9(5)13-10(15-8)12-6(2)14/h3-4H,1-2H3,(H,12,13,14). The summed E-state index contributed by atoms with van der Waals surface area (Å²) in [5.41, 5.74) is 2.05. The Balaban J connectivity index is 2.55. The lowest BCUT2D eigenvalue weighted by Gasteiger charge is -1.94. The molecule has 2 aromatic rings.